The molecular weight excluding hydrogens is 449 g/mol. The summed E-state index contributed by atoms with van der Waals surface area (Å²) < 4.78 is 3.20. The van der Waals surface area contributed by atoms with E-state index < -0.39 is 6.10 Å². The zero-order valence-electron chi connectivity index (χ0n) is 16.0. The van der Waals surface area contributed by atoms with Crippen LogP contribution in [-0.2, 0) is 6.54 Å². The van der Waals surface area contributed by atoms with Crippen LogP contribution < -0.4 is 4.80 Å². The molecule has 1 aliphatic rings. The number of nitrogens with zero attached hydrogens (tertiary/aromatic N) is 2. The van der Waals surface area contributed by atoms with Crippen LogP contribution in [0.4, 0.5) is 0 Å². The first kappa shape index (κ1) is 24.2. The second-order valence-electron chi connectivity index (χ2n) is 7.30. The van der Waals surface area contributed by atoms with E-state index in [0.29, 0.717) is 17.3 Å². The van der Waals surface area contributed by atoms with E-state index in [1.807, 2.05) is 48.5 Å². The average molecular weight is 475 g/mol. The summed E-state index contributed by atoms with van der Waals surface area (Å²) in [7, 11) is 0. The number of β-amino-alcohol motifs (C(OH)–C–C–N with tert-alkyl or cyclic N) is 1. The van der Waals surface area contributed by atoms with Crippen LogP contribution in [0.15, 0.2) is 48.5 Å². The molecule has 2 N–H and O–H groups in total. The molecule has 3 aromatic rings. The lowest BCUT2D eigenvalue weighted by Gasteiger charge is -2.33. The number of benzene rings is 2. The van der Waals surface area contributed by atoms with E-state index in [4.69, 9.17) is 17.0 Å². The number of halogens is 3. The Balaban J connectivity index is 0.00000150. The van der Waals surface area contributed by atoms with Crippen LogP contribution in [0.25, 0.3) is 10.2 Å². The van der Waals surface area contributed by atoms with Crippen molar-refractivity contribution >= 4 is 58.0 Å². The number of aromatic nitrogens is 1. The summed E-state index contributed by atoms with van der Waals surface area (Å²) in [5.41, 5.74) is 2.09. The molecule has 4 nitrogen and oxygen atoms in total. The standard InChI is InChI=1S/C21H24ClN3OS.2ClH/c22-17-6-7-18-20(12-17)27-21(23)25(18)13-15-8-10-24(11-9-15)14-19(26)16-4-2-1-3-5-16;;/h1-7,12,15,19,23,26H,8-11,13-14H2;2*1H/t19-;;/m1../s1. The quantitative estimate of drug-likeness (QED) is 0.539. The van der Waals surface area contributed by atoms with Gasteiger partial charge in [-0.1, -0.05) is 53.3 Å². The van der Waals surface area contributed by atoms with Gasteiger partial charge in [-0.3, -0.25) is 5.41 Å². The molecule has 0 aliphatic carbocycles. The van der Waals surface area contributed by atoms with Crippen molar-refractivity contribution in [2.75, 3.05) is 19.6 Å². The van der Waals surface area contributed by atoms with Gasteiger partial charge < -0.3 is 14.6 Å². The van der Waals surface area contributed by atoms with E-state index in [-0.39, 0.29) is 24.8 Å². The minimum Gasteiger partial charge on any atom is -0.387 e. The zero-order valence-corrected chi connectivity index (χ0v) is 19.2. The first-order valence-electron chi connectivity index (χ1n) is 9.39. The van der Waals surface area contributed by atoms with Crippen LogP contribution in [-0.4, -0.2) is 34.2 Å². The third kappa shape index (κ3) is 5.75. The van der Waals surface area contributed by atoms with Gasteiger partial charge in [0.05, 0.1) is 16.3 Å². The predicted octanol–water partition coefficient (Wildman–Crippen LogP) is 5.12. The highest BCUT2D eigenvalue weighted by Gasteiger charge is 2.22. The van der Waals surface area contributed by atoms with Gasteiger partial charge in [0.25, 0.3) is 0 Å². The molecule has 1 aromatic heterocycles. The molecule has 1 aliphatic heterocycles. The van der Waals surface area contributed by atoms with Crippen molar-refractivity contribution in [3.63, 3.8) is 0 Å². The van der Waals surface area contributed by atoms with E-state index in [0.717, 1.165) is 53.3 Å². The van der Waals surface area contributed by atoms with Gasteiger partial charge in [0.1, 0.15) is 0 Å². The van der Waals surface area contributed by atoms with Crippen LogP contribution in [0, 0.1) is 11.3 Å². The summed E-state index contributed by atoms with van der Waals surface area (Å²) in [6, 6.07) is 15.8. The maximum absolute atomic E-state index is 10.4. The number of likely N-dealkylation sites (tertiary alicyclic amines) is 1. The minimum absolute atomic E-state index is 0. The van der Waals surface area contributed by atoms with Crippen LogP contribution in [0.3, 0.4) is 0 Å². The molecular formula is C21H26Cl3N3OS. The first-order chi connectivity index (χ1) is 13.1. The van der Waals surface area contributed by atoms with Gasteiger partial charge in [0.15, 0.2) is 4.80 Å². The predicted molar refractivity (Wildman–Crippen MR) is 126 cm³/mol. The molecule has 0 saturated carbocycles. The van der Waals surface area contributed by atoms with E-state index in [2.05, 4.69) is 9.47 Å². The van der Waals surface area contributed by atoms with Gasteiger partial charge in [-0.25, -0.2) is 0 Å². The van der Waals surface area contributed by atoms with Crippen molar-refractivity contribution in [1.29, 1.82) is 5.41 Å². The smallest absolute Gasteiger partial charge is 0.182 e. The normalized spacial score (nSPS) is 16.2. The molecule has 29 heavy (non-hydrogen) atoms. The number of fused-ring (bicyclic) bond motifs is 1. The molecule has 2 aromatic carbocycles. The SMILES string of the molecule is Cl.Cl.N=c1sc2cc(Cl)ccc2n1CC1CCN(C[C@@H](O)c2ccccc2)CC1. The third-order valence-electron chi connectivity index (χ3n) is 5.43. The van der Waals surface area contributed by atoms with Gasteiger partial charge in [-0.05, 0) is 55.6 Å². The Morgan fingerprint density at radius 1 is 1.10 bits per heavy atom. The van der Waals surface area contributed by atoms with E-state index in [9.17, 15) is 5.11 Å². The van der Waals surface area contributed by atoms with Gasteiger partial charge in [-0.15, -0.1) is 24.8 Å². The summed E-state index contributed by atoms with van der Waals surface area (Å²) >= 11 is 7.57. The number of hydrogen-bond acceptors (Lipinski definition) is 4. The molecule has 0 radical (unpaired) electrons. The van der Waals surface area contributed by atoms with Crippen molar-refractivity contribution in [2.24, 2.45) is 5.92 Å². The number of aliphatic hydroxyl groups is 1. The van der Waals surface area contributed by atoms with Gasteiger partial charge in [0, 0.05) is 18.1 Å². The molecule has 4 rings (SSSR count). The molecule has 1 atom stereocenters. The van der Waals surface area contributed by atoms with Crippen molar-refractivity contribution in [2.45, 2.75) is 25.5 Å². The number of thiazole rings is 1. The van der Waals surface area contributed by atoms with Crippen molar-refractivity contribution < 1.29 is 5.11 Å². The highest BCUT2D eigenvalue weighted by Crippen LogP contribution is 2.26. The minimum atomic E-state index is -0.428. The molecule has 0 spiro atoms. The van der Waals surface area contributed by atoms with E-state index in [1.165, 1.54) is 11.3 Å². The van der Waals surface area contributed by atoms with Gasteiger partial charge in [0.2, 0.25) is 0 Å². The summed E-state index contributed by atoms with van der Waals surface area (Å²) in [5.74, 6) is 0.567. The Bertz CT molecular complexity index is 968. The van der Waals surface area contributed by atoms with Crippen molar-refractivity contribution in [1.82, 2.24) is 9.47 Å². The fourth-order valence-electron chi connectivity index (χ4n) is 3.88. The largest absolute Gasteiger partial charge is 0.387 e. The number of aliphatic hydroxyl groups excluding tert-OH is 1. The van der Waals surface area contributed by atoms with Gasteiger partial charge >= 0.3 is 0 Å². The Morgan fingerprint density at radius 2 is 1.79 bits per heavy atom. The summed E-state index contributed by atoms with van der Waals surface area (Å²) in [6.45, 7) is 3.57. The Kier molecular flexibility index (Phi) is 9.01. The molecule has 8 heteroatoms. The summed E-state index contributed by atoms with van der Waals surface area (Å²) in [5, 5.41) is 19.5. The topological polar surface area (TPSA) is 52.2 Å². The Morgan fingerprint density at radius 3 is 2.48 bits per heavy atom. The van der Waals surface area contributed by atoms with Crippen molar-refractivity contribution in [3.05, 3.63) is 63.9 Å². The molecule has 1 fully saturated rings. The molecule has 1 saturated heterocycles. The third-order valence-corrected chi connectivity index (χ3v) is 6.62. The highest BCUT2D eigenvalue weighted by atomic mass is 35.5. The first-order valence-corrected chi connectivity index (χ1v) is 10.6. The monoisotopic (exact) mass is 473 g/mol. The lowest BCUT2D eigenvalue weighted by molar-refractivity contribution is 0.0867. The van der Waals surface area contributed by atoms with Crippen LogP contribution >= 0.6 is 47.8 Å². The van der Waals surface area contributed by atoms with Crippen LogP contribution in [0.2, 0.25) is 5.02 Å². The second kappa shape index (κ2) is 10.8. The maximum Gasteiger partial charge on any atom is 0.182 e. The fourth-order valence-corrected chi connectivity index (χ4v) is 5.07. The zero-order chi connectivity index (χ0) is 18.8. The molecule has 0 unspecified atom stereocenters. The van der Waals surface area contributed by atoms with Crippen LogP contribution in [0.1, 0.15) is 24.5 Å². The maximum atomic E-state index is 10.4. The highest BCUT2D eigenvalue weighted by molar-refractivity contribution is 7.16. The lowest BCUT2D eigenvalue weighted by atomic mass is 9.96. The Hall–Kier alpha value is -1.08. The number of nitrogens with one attached hydrogen (secondary N) is 1. The lowest BCUT2D eigenvalue weighted by Crippen LogP contribution is -2.38. The molecule has 158 valence electrons. The van der Waals surface area contributed by atoms with Crippen LogP contribution in [0.5, 0.6) is 0 Å². The number of rotatable bonds is 5. The molecule has 0 bridgehead atoms. The fraction of sp³-hybridized carbons (Fsp3) is 0.381. The summed E-state index contributed by atoms with van der Waals surface area (Å²) in [4.78, 5) is 2.94. The van der Waals surface area contributed by atoms with E-state index >= 15 is 0 Å². The molecule has 0 amide bonds. The average Bonchev–Trinajstić information content (AvgIpc) is 2.98. The van der Waals surface area contributed by atoms with E-state index in [1.54, 1.807) is 0 Å². The number of piperidine rings is 1. The summed E-state index contributed by atoms with van der Waals surface area (Å²) in [6.07, 6.45) is 1.76. The van der Waals surface area contributed by atoms with Crippen molar-refractivity contribution in [3.8, 4) is 0 Å². The van der Waals surface area contributed by atoms with Gasteiger partial charge in [-0.2, -0.15) is 0 Å². The second-order valence-corrected chi connectivity index (χ2v) is 8.77. The molecule has 2 heterocycles. The Labute approximate surface area is 192 Å². The number of hydrogen-bond donors (Lipinski definition) is 2.